The Kier molecular flexibility index (Phi) is 7.24. The number of halogens is 1. The first kappa shape index (κ1) is 25.9. The predicted octanol–water partition coefficient (Wildman–Crippen LogP) is 6.22. The molecule has 1 aromatic heterocycles. The number of aromatic amines is 1. The zero-order valence-corrected chi connectivity index (χ0v) is 22.0. The maximum atomic E-state index is 13.4. The van der Waals surface area contributed by atoms with E-state index in [4.69, 9.17) is 19.9 Å². The van der Waals surface area contributed by atoms with Crippen LogP contribution >= 0.6 is 0 Å². The summed E-state index contributed by atoms with van der Waals surface area (Å²) in [4.78, 5) is 0. The van der Waals surface area contributed by atoms with Gasteiger partial charge in [-0.25, -0.2) is 4.39 Å². The molecular formula is C31H29FN4O3. The Morgan fingerprint density at radius 1 is 1.08 bits per heavy atom. The average molecular weight is 525 g/mol. The maximum absolute atomic E-state index is 13.4. The minimum absolute atomic E-state index is 0.0207. The Morgan fingerprint density at radius 2 is 1.79 bits per heavy atom. The molecule has 39 heavy (non-hydrogen) atoms. The normalized spacial score (nSPS) is 14.5. The van der Waals surface area contributed by atoms with Crippen LogP contribution in [0.5, 0.6) is 17.4 Å². The molecule has 1 aliphatic heterocycles. The third kappa shape index (κ3) is 5.16. The van der Waals surface area contributed by atoms with Gasteiger partial charge in [-0.05, 0) is 41.7 Å². The first-order valence-electron chi connectivity index (χ1n) is 12.7. The molecule has 0 aliphatic carbocycles. The lowest BCUT2D eigenvalue weighted by atomic mass is 9.82. The summed E-state index contributed by atoms with van der Waals surface area (Å²) in [7, 11) is 1.55. The molecule has 4 aromatic rings. The fourth-order valence-corrected chi connectivity index (χ4v) is 4.87. The molecule has 3 N–H and O–H groups in total. The number of benzene rings is 3. The lowest BCUT2D eigenvalue weighted by Gasteiger charge is -2.26. The number of H-pyrrole nitrogens is 1. The number of hydrogen-bond donors (Lipinski definition) is 2. The number of rotatable bonds is 8. The molecule has 198 valence electrons. The number of nitrogens with zero attached hydrogens (tertiary/aromatic N) is 2. The van der Waals surface area contributed by atoms with Gasteiger partial charge in [0.2, 0.25) is 11.8 Å². The highest BCUT2D eigenvalue weighted by Crippen LogP contribution is 2.49. The number of allylic oxidation sites excluding steroid dienone is 1. The molecule has 0 bridgehead atoms. The van der Waals surface area contributed by atoms with Crippen molar-refractivity contribution in [2.75, 3.05) is 7.11 Å². The second kappa shape index (κ2) is 10.9. The molecule has 5 rings (SSSR count). The maximum Gasteiger partial charge on any atom is 0.244 e. The molecule has 0 unspecified atom stereocenters. The zero-order valence-electron chi connectivity index (χ0n) is 22.0. The van der Waals surface area contributed by atoms with Gasteiger partial charge in [-0.3, -0.25) is 5.10 Å². The Labute approximate surface area is 226 Å². The highest BCUT2D eigenvalue weighted by molar-refractivity contribution is 5.72. The summed E-state index contributed by atoms with van der Waals surface area (Å²) < 4.78 is 31.1. The van der Waals surface area contributed by atoms with E-state index in [2.05, 4.69) is 42.2 Å². The van der Waals surface area contributed by atoms with Crippen LogP contribution in [0.3, 0.4) is 0 Å². The number of para-hydroxylation sites is 1. The highest BCUT2D eigenvalue weighted by Gasteiger charge is 2.38. The molecule has 0 saturated heterocycles. The fourth-order valence-electron chi connectivity index (χ4n) is 4.87. The number of nitriles is 1. The third-order valence-electron chi connectivity index (χ3n) is 6.66. The smallest absolute Gasteiger partial charge is 0.244 e. The van der Waals surface area contributed by atoms with E-state index >= 15 is 0 Å². The summed E-state index contributed by atoms with van der Waals surface area (Å²) >= 11 is 0. The van der Waals surface area contributed by atoms with Crippen LogP contribution in [0.25, 0.3) is 11.3 Å². The van der Waals surface area contributed by atoms with Crippen molar-refractivity contribution in [1.82, 2.24) is 10.2 Å². The summed E-state index contributed by atoms with van der Waals surface area (Å²) in [6.45, 7) is 4.54. The average Bonchev–Trinajstić information content (AvgIpc) is 3.35. The van der Waals surface area contributed by atoms with Crippen molar-refractivity contribution in [1.29, 1.82) is 5.26 Å². The predicted molar refractivity (Wildman–Crippen MR) is 146 cm³/mol. The molecule has 1 aliphatic rings. The van der Waals surface area contributed by atoms with Crippen molar-refractivity contribution in [3.8, 4) is 34.7 Å². The number of aromatic nitrogens is 2. The van der Waals surface area contributed by atoms with Gasteiger partial charge in [-0.15, -0.1) is 5.10 Å². The van der Waals surface area contributed by atoms with E-state index in [1.54, 1.807) is 25.3 Å². The van der Waals surface area contributed by atoms with E-state index in [0.29, 0.717) is 34.4 Å². The Balaban J connectivity index is 1.61. The molecule has 0 spiro atoms. The summed E-state index contributed by atoms with van der Waals surface area (Å²) in [6, 6.07) is 22.1. The van der Waals surface area contributed by atoms with E-state index in [0.717, 1.165) is 23.2 Å². The molecule has 0 radical (unpaired) electrons. The largest absolute Gasteiger partial charge is 0.493 e. The topological polar surface area (TPSA) is 106 Å². The SMILES string of the molecule is COc1cccc([C@@H]2C(C#N)=C(N)Oc3n[nH]c(-c4ccc(CC(C)C)cc4)c32)c1OCc1ccc(F)cc1. The highest BCUT2D eigenvalue weighted by atomic mass is 19.1. The fraction of sp³-hybridized carbons (Fsp3) is 0.226. The lowest BCUT2D eigenvalue weighted by molar-refractivity contribution is 0.280. The van der Waals surface area contributed by atoms with Gasteiger partial charge >= 0.3 is 0 Å². The minimum atomic E-state index is -0.638. The number of hydrogen-bond acceptors (Lipinski definition) is 6. The van der Waals surface area contributed by atoms with Gasteiger partial charge in [0.25, 0.3) is 0 Å². The van der Waals surface area contributed by atoms with Crippen LogP contribution in [0.1, 0.15) is 42.0 Å². The minimum Gasteiger partial charge on any atom is -0.493 e. The number of ether oxygens (including phenoxy) is 3. The van der Waals surface area contributed by atoms with Crippen LogP contribution in [0, 0.1) is 23.1 Å². The van der Waals surface area contributed by atoms with Gasteiger partial charge in [0.1, 0.15) is 24.1 Å². The van der Waals surface area contributed by atoms with E-state index in [9.17, 15) is 9.65 Å². The molecule has 1 atom stereocenters. The van der Waals surface area contributed by atoms with Crippen molar-refractivity contribution in [2.24, 2.45) is 11.7 Å². The van der Waals surface area contributed by atoms with Crippen LogP contribution in [0.15, 0.2) is 78.2 Å². The third-order valence-corrected chi connectivity index (χ3v) is 6.66. The zero-order chi connectivity index (χ0) is 27.5. The molecule has 7 nitrogen and oxygen atoms in total. The van der Waals surface area contributed by atoms with Gasteiger partial charge in [0.05, 0.1) is 24.3 Å². The van der Waals surface area contributed by atoms with Crippen molar-refractivity contribution in [3.05, 3.63) is 106 Å². The first-order chi connectivity index (χ1) is 18.9. The van der Waals surface area contributed by atoms with E-state index in [1.165, 1.54) is 17.7 Å². The Hall–Kier alpha value is -4.77. The van der Waals surface area contributed by atoms with Crippen molar-refractivity contribution < 1.29 is 18.6 Å². The van der Waals surface area contributed by atoms with Crippen molar-refractivity contribution in [2.45, 2.75) is 32.8 Å². The summed E-state index contributed by atoms with van der Waals surface area (Å²) in [6.07, 6.45) is 0.976. The quantitative estimate of drug-likeness (QED) is 0.283. The standard InChI is InChI=1S/C31H29FN4O3/c1-18(2)15-19-7-11-21(12-8-19)28-27-26(24(16-33)30(34)39-31(27)36-35-28)23-5-4-6-25(37-3)29(23)38-17-20-9-13-22(32)14-10-20/h4-14,18,26H,15,17,34H2,1-3H3,(H,35,36)/t26-/m1/s1. The van der Waals surface area contributed by atoms with Crippen LogP contribution in [0.4, 0.5) is 4.39 Å². The molecule has 3 aromatic carbocycles. The number of fused-ring (bicyclic) bond motifs is 1. The van der Waals surface area contributed by atoms with Crippen LogP contribution in [0.2, 0.25) is 0 Å². The van der Waals surface area contributed by atoms with E-state index < -0.39 is 5.92 Å². The van der Waals surface area contributed by atoms with Gasteiger partial charge in [0, 0.05) is 11.1 Å². The molecule has 2 heterocycles. The number of methoxy groups -OCH3 is 1. The lowest BCUT2D eigenvalue weighted by Crippen LogP contribution is -2.21. The monoisotopic (exact) mass is 524 g/mol. The molecule has 0 saturated carbocycles. The van der Waals surface area contributed by atoms with E-state index in [-0.39, 0.29) is 23.9 Å². The van der Waals surface area contributed by atoms with Crippen LogP contribution in [-0.4, -0.2) is 17.3 Å². The molecule has 0 amide bonds. The van der Waals surface area contributed by atoms with E-state index in [1.807, 2.05) is 24.3 Å². The van der Waals surface area contributed by atoms with Gasteiger partial charge in [-0.2, -0.15) is 5.26 Å². The Morgan fingerprint density at radius 3 is 2.46 bits per heavy atom. The van der Waals surface area contributed by atoms with Crippen LogP contribution in [-0.2, 0) is 13.0 Å². The summed E-state index contributed by atoms with van der Waals surface area (Å²) in [5, 5.41) is 17.7. The Bertz CT molecular complexity index is 1550. The van der Waals surface area contributed by atoms with Gasteiger partial charge in [0.15, 0.2) is 11.5 Å². The van der Waals surface area contributed by atoms with Crippen molar-refractivity contribution >= 4 is 0 Å². The number of nitrogens with two attached hydrogens (primary N) is 1. The van der Waals surface area contributed by atoms with Gasteiger partial charge < -0.3 is 19.9 Å². The number of nitrogens with one attached hydrogen (secondary N) is 1. The molecule has 0 fully saturated rings. The van der Waals surface area contributed by atoms with Crippen molar-refractivity contribution in [3.63, 3.8) is 0 Å². The molecule has 8 heteroatoms. The first-order valence-corrected chi connectivity index (χ1v) is 12.7. The van der Waals surface area contributed by atoms with Crippen LogP contribution < -0.4 is 19.9 Å². The second-order valence-electron chi connectivity index (χ2n) is 9.83. The summed E-state index contributed by atoms with van der Waals surface area (Å²) in [5.41, 5.74) is 11.4. The second-order valence-corrected chi connectivity index (χ2v) is 9.83. The van der Waals surface area contributed by atoms with Gasteiger partial charge in [-0.1, -0.05) is 62.4 Å². The molecular weight excluding hydrogens is 495 g/mol. The summed E-state index contributed by atoms with van der Waals surface area (Å²) in [5.74, 6) is 0.791.